The minimum atomic E-state index is -0.806. The molecular weight excluding hydrogens is 354 g/mol. The topological polar surface area (TPSA) is 73.6 Å². The average molecular weight is 375 g/mol. The zero-order valence-corrected chi connectivity index (χ0v) is 15.9. The highest BCUT2D eigenvalue weighted by Crippen LogP contribution is 2.27. The molecule has 3 rings (SSSR count). The lowest BCUT2D eigenvalue weighted by Crippen LogP contribution is -2.33. The first-order valence-corrected chi connectivity index (χ1v) is 8.94. The third-order valence-electron chi connectivity index (χ3n) is 4.58. The monoisotopic (exact) mass is 375 g/mol. The Kier molecular flexibility index (Phi) is 5.75. The first-order valence-electron chi connectivity index (χ1n) is 8.94. The quantitative estimate of drug-likeness (QED) is 0.456. The molecule has 6 nitrogen and oxygen atoms in total. The lowest BCUT2D eigenvalue weighted by atomic mass is 10.1. The second-order valence-corrected chi connectivity index (χ2v) is 6.66. The number of carbonyl (C=O) groups is 2. The summed E-state index contributed by atoms with van der Waals surface area (Å²) in [4.78, 5) is 28.2. The van der Waals surface area contributed by atoms with Crippen molar-refractivity contribution < 1.29 is 14.3 Å². The van der Waals surface area contributed by atoms with Crippen molar-refractivity contribution in [3.8, 4) is 6.07 Å². The van der Waals surface area contributed by atoms with Gasteiger partial charge in [0.2, 0.25) is 0 Å². The van der Waals surface area contributed by atoms with Crippen LogP contribution in [0.4, 0.5) is 11.4 Å². The summed E-state index contributed by atoms with van der Waals surface area (Å²) in [7, 11) is 3.86. The molecule has 2 aromatic carbocycles. The third-order valence-corrected chi connectivity index (χ3v) is 4.58. The van der Waals surface area contributed by atoms with Crippen molar-refractivity contribution in [3.63, 3.8) is 0 Å². The summed E-state index contributed by atoms with van der Waals surface area (Å²) < 4.78 is 5.09. The standard InChI is InChI=1S/C22H21N3O3/c1-24(2)19-9-7-16(8-10-19)13-18(14-23)22(27)28-15-21(26)25-12-11-17-5-3-4-6-20(17)25/h3-10,13H,11-12,15H2,1-2H3. The molecule has 2 aromatic rings. The van der Waals surface area contributed by atoms with Gasteiger partial charge >= 0.3 is 5.97 Å². The molecule has 28 heavy (non-hydrogen) atoms. The van der Waals surface area contributed by atoms with Crippen LogP contribution in [0.1, 0.15) is 11.1 Å². The lowest BCUT2D eigenvalue weighted by Gasteiger charge is -2.17. The van der Waals surface area contributed by atoms with Crippen LogP contribution in [-0.2, 0) is 20.7 Å². The van der Waals surface area contributed by atoms with Crippen LogP contribution < -0.4 is 9.80 Å². The molecule has 0 fully saturated rings. The van der Waals surface area contributed by atoms with Gasteiger partial charge in [-0.25, -0.2) is 4.79 Å². The molecular formula is C22H21N3O3. The molecule has 0 atom stereocenters. The molecule has 0 spiro atoms. The van der Waals surface area contributed by atoms with Crippen molar-refractivity contribution >= 4 is 29.3 Å². The number of fused-ring (bicyclic) bond motifs is 1. The molecule has 0 aromatic heterocycles. The van der Waals surface area contributed by atoms with E-state index in [1.807, 2.05) is 73.6 Å². The first kappa shape index (κ1) is 19.2. The molecule has 142 valence electrons. The van der Waals surface area contributed by atoms with Crippen LogP contribution in [0, 0.1) is 11.3 Å². The molecule has 0 bridgehead atoms. The van der Waals surface area contributed by atoms with Crippen LogP contribution in [0.3, 0.4) is 0 Å². The Morgan fingerprint density at radius 3 is 2.57 bits per heavy atom. The van der Waals surface area contributed by atoms with Gasteiger partial charge < -0.3 is 14.5 Å². The number of hydrogen-bond acceptors (Lipinski definition) is 5. The van der Waals surface area contributed by atoms with Gasteiger partial charge in [0.1, 0.15) is 11.6 Å². The Labute approximate surface area is 164 Å². The molecule has 0 radical (unpaired) electrons. The summed E-state index contributed by atoms with van der Waals surface area (Å²) in [5.74, 6) is -1.11. The van der Waals surface area contributed by atoms with Gasteiger partial charge in [0.05, 0.1) is 0 Å². The number of nitrogens with zero attached hydrogens (tertiary/aromatic N) is 3. The number of benzene rings is 2. The Hall–Kier alpha value is -3.59. The number of carbonyl (C=O) groups excluding carboxylic acids is 2. The van der Waals surface area contributed by atoms with Crippen LogP contribution in [0.5, 0.6) is 0 Å². The summed E-state index contributed by atoms with van der Waals surface area (Å²) in [6, 6.07) is 16.9. The fraction of sp³-hybridized carbons (Fsp3) is 0.227. The molecule has 0 unspecified atom stereocenters. The number of ether oxygens (including phenoxy) is 1. The van der Waals surface area contributed by atoms with Gasteiger partial charge in [-0.15, -0.1) is 0 Å². The Bertz CT molecular complexity index is 956. The minimum Gasteiger partial charge on any atom is -0.451 e. The van der Waals surface area contributed by atoms with Crippen molar-refractivity contribution in [1.82, 2.24) is 0 Å². The van der Waals surface area contributed by atoms with Crippen molar-refractivity contribution in [2.45, 2.75) is 6.42 Å². The molecule has 0 saturated heterocycles. The number of esters is 1. The van der Waals surface area contributed by atoms with Gasteiger partial charge in [-0.2, -0.15) is 5.26 Å². The smallest absolute Gasteiger partial charge is 0.349 e. The summed E-state index contributed by atoms with van der Waals surface area (Å²) >= 11 is 0. The van der Waals surface area contributed by atoms with E-state index in [0.29, 0.717) is 12.1 Å². The maximum atomic E-state index is 12.4. The number of rotatable bonds is 5. The zero-order chi connectivity index (χ0) is 20.1. The molecule has 1 aliphatic rings. The Morgan fingerprint density at radius 2 is 1.89 bits per heavy atom. The number of hydrogen-bond donors (Lipinski definition) is 0. The fourth-order valence-electron chi connectivity index (χ4n) is 3.05. The highest BCUT2D eigenvalue weighted by molar-refractivity contribution is 6.01. The fourth-order valence-corrected chi connectivity index (χ4v) is 3.05. The number of anilines is 2. The zero-order valence-electron chi connectivity index (χ0n) is 15.9. The van der Waals surface area contributed by atoms with E-state index in [1.54, 1.807) is 4.90 Å². The molecule has 6 heteroatoms. The second kappa shape index (κ2) is 8.40. The van der Waals surface area contributed by atoms with Crippen LogP contribution in [-0.4, -0.2) is 39.1 Å². The van der Waals surface area contributed by atoms with Gasteiger partial charge in [-0.1, -0.05) is 30.3 Å². The van der Waals surface area contributed by atoms with Crippen LogP contribution in [0.25, 0.3) is 6.08 Å². The minimum absolute atomic E-state index is 0.146. The van der Waals surface area contributed by atoms with Crippen molar-refractivity contribution in [2.24, 2.45) is 0 Å². The van der Waals surface area contributed by atoms with Crippen LogP contribution >= 0.6 is 0 Å². The van der Waals surface area contributed by atoms with E-state index in [9.17, 15) is 14.9 Å². The maximum Gasteiger partial charge on any atom is 0.349 e. The summed E-state index contributed by atoms with van der Waals surface area (Å²) in [6.45, 7) is 0.167. The summed E-state index contributed by atoms with van der Waals surface area (Å²) in [5.41, 5.74) is 3.52. The highest BCUT2D eigenvalue weighted by atomic mass is 16.5. The lowest BCUT2D eigenvalue weighted by molar-refractivity contribution is -0.143. The molecule has 1 heterocycles. The molecule has 0 N–H and O–H groups in total. The van der Waals surface area contributed by atoms with E-state index in [0.717, 1.165) is 23.4 Å². The second-order valence-electron chi connectivity index (χ2n) is 6.66. The largest absolute Gasteiger partial charge is 0.451 e. The van der Waals surface area contributed by atoms with Gasteiger partial charge in [0.15, 0.2) is 6.61 Å². The predicted octanol–water partition coefficient (Wildman–Crippen LogP) is 2.79. The van der Waals surface area contributed by atoms with Gasteiger partial charge in [0.25, 0.3) is 5.91 Å². The van der Waals surface area contributed by atoms with Gasteiger partial charge in [-0.3, -0.25) is 4.79 Å². The van der Waals surface area contributed by atoms with Crippen LogP contribution in [0.2, 0.25) is 0 Å². The SMILES string of the molecule is CN(C)c1ccc(C=C(C#N)C(=O)OCC(=O)N2CCc3ccccc32)cc1. The maximum absolute atomic E-state index is 12.4. The van der Waals surface area contributed by atoms with Crippen molar-refractivity contribution in [2.75, 3.05) is 37.0 Å². The van der Waals surface area contributed by atoms with E-state index < -0.39 is 12.6 Å². The Morgan fingerprint density at radius 1 is 1.18 bits per heavy atom. The van der Waals surface area contributed by atoms with E-state index in [1.165, 1.54) is 6.08 Å². The van der Waals surface area contributed by atoms with Crippen molar-refractivity contribution in [1.29, 1.82) is 5.26 Å². The van der Waals surface area contributed by atoms with Gasteiger partial charge in [0, 0.05) is 32.0 Å². The summed E-state index contributed by atoms with van der Waals surface area (Å²) in [6.07, 6.45) is 2.24. The molecule has 1 amide bonds. The van der Waals surface area contributed by atoms with E-state index in [-0.39, 0.29) is 11.5 Å². The molecule has 0 saturated carbocycles. The van der Waals surface area contributed by atoms with E-state index >= 15 is 0 Å². The highest BCUT2D eigenvalue weighted by Gasteiger charge is 2.25. The molecule has 1 aliphatic heterocycles. The predicted molar refractivity (Wildman–Crippen MR) is 108 cm³/mol. The number of para-hydroxylation sites is 1. The van der Waals surface area contributed by atoms with Gasteiger partial charge in [-0.05, 0) is 41.8 Å². The number of amides is 1. The number of nitriles is 1. The first-order chi connectivity index (χ1) is 13.5. The van der Waals surface area contributed by atoms with Crippen molar-refractivity contribution in [3.05, 3.63) is 65.2 Å². The van der Waals surface area contributed by atoms with E-state index in [4.69, 9.17) is 4.74 Å². The normalized spacial score (nSPS) is 12.9. The Balaban J connectivity index is 1.63. The average Bonchev–Trinajstić information content (AvgIpc) is 3.14. The molecule has 0 aliphatic carbocycles. The third kappa shape index (κ3) is 4.21. The summed E-state index contributed by atoms with van der Waals surface area (Å²) in [5, 5.41) is 9.28. The van der Waals surface area contributed by atoms with E-state index in [2.05, 4.69) is 0 Å². The van der Waals surface area contributed by atoms with Crippen LogP contribution in [0.15, 0.2) is 54.1 Å².